The molecule has 5 aliphatic heterocycles. The lowest BCUT2D eigenvalue weighted by Crippen LogP contribution is -2.65. The average Bonchev–Trinajstić information content (AvgIpc) is 4.03. The Balaban J connectivity index is 0.890. The van der Waals surface area contributed by atoms with Crippen LogP contribution in [0.15, 0.2) is 11.6 Å². The van der Waals surface area contributed by atoms with E-state index in [9.17, 15) is 81.4 Å². The van der Waals surface area contributed by atoms with Gasteiger partial charge in [0.15, 0.2) is 31.5 Å². The summed E-state index contributed by atoms with van der Waals surface area (Å²) in [7, 11) is 1.42. The molecule has 27 nitrogen and oxygen atoms in total. The molecule has 79 heavy (non-hydrogen) atoms. The standard InChI is InChI=1S/C52H84O27/c1-18(55)30-25(13-24-22-7-6-20-12-21(8-10-51(20,3)23(22)9-11-52(24,30)4)73-49-43(68)44(69-5)31(56)19(2)72-49)74-47-41(66)38(63)34(59)28(77-47)17-71-50-45(79-48-42(67)37(62)33(58)27(15-54)76-48)39(64)35(60)29(78-50)16-70-46-40(65)36(61)32(57)26(14-53)75-46/h6,19,21-50,53-54,56-68H,7-17H2,1-5H3/t19-,21+,22?,23?,24?,25-,26-,27-,28-,29-,30+,31-,32-,33-,34-,35-,36+,37+,38+,39+,40-,41-,42-,43-,44+,45-,46-,47-,48+,49+,50-,51+,52+/m1/s1. The van der Waals surface area contributed by atoms with Crippen molar-refractivity contribution in [1.82, 2.24) is 0 Å². The highest BCUT2D eigenvalue weighted by Crippen LogP contribution is 2.67. The molecule has 0 radical (unpaired) electrons. The molecule has 3 saturated carbocycles. The van der Waals surface area contributed by atoms with Crippen LogP contribution in [0.2, 0.25) is 0 Å². The number of Topliss-reactive ketones (excluding diaryl/α,β-unsaturated/α-hetero) is 1. The summed E-state index contributed by atoms with van der Waals surface area (Å²) in [6.45, 7) is 4.50. The average molecular weight is 1140 g/mol. The molecule has 5 saturated heterocycles. The van der Waals surface area contributed by atoms with Gasteiger partial charge in [-0.25, -0.2) is 0 Å². The first kappa shape index (κ1) is 61.9. The molecule has 0 aromatic heterocycles. The predicted molar refractivity (Wildman–Crippen MR) is 260 cm³/mol. The SMILES string of the molecule is CO[C@@H]1[C@@H](O)[C@H](O[C@H]2CC[C@@]3(C)C(=CCC4C3CC[C@@]3(C)C4C[C@@H](O[C@@H]4O[C@H](CO[C@@H]5O[C@H](CO[C@@H]6O[C@H](CO)[C@@H](O)[C@H](O)[C@H]6O)[C@@H](O)[C@H](O)[C@H]5O[C@@H]5O[C@H](CO)[C@@H](O)[C@H](O)[C@H]5O)[C@@H](O)[C@H](O)[C@H]4O)[C@@H]3C(C)=O)C2)O[C@H](C)[C@H]1O. The van der Waals surface area contributed by atoms with Gasteiger partial charge in [-0.3, -0.25) is 4.79 Å². The Labute approximate surface area is 456 Å². The quantitative estimate of drug-likeness (QED) is 0.0641. The molecule has 5 heterocycles. The normalized spacial score (nSPS) is 54.1. The van der Waals surface area contributed by atoms with E-state index in [-0.39, 0.29) is 35.1 Å². The molecule has 454 valence electrons. The highest BCUT2D eigenvalue weighted by molar-refractivity contribution is 5.80. The number of aliphatic hydroxyl groups excluding tert-OH is 15. The molecule has 0 aromatic rings. The first-order valence-corrected chi connectivity index (χ1v) is 27.6. The number of carbonyl (C=O) groups excluding carboxylic acids is 1. The topological polar surface area (TPSA) is 422 Å². The number of hydrogen-bond acceptors (Lipinski definition) is 27. The van der Waals surface area contributed by atoms with E-state index in [2.05, 4.69) is 19.9 Å². The molecular formula is C52H84O27. The molecule has 9 aliphatic rings. The zero-order chi connectivity index (χ0) is 57.3. The molecule has 9 rings (SSSR count). The monoisotopic (exact) mass is 1140 g/mol. The number of fused-ring (bicyclic) bond motifs is 5. The molecule has 0 amide bonds. The Morgan fingerprint density at radius 2 is 1.09 bits per heavy atom. The van der Waals surface area contributed by atoms with Crippen LogP contribution in [0, 0.1) is 34.5 Å². The Hall–Kier alpha value is -1.63. The van der Waals surface area contributed by atoms with Crippen molar-refractivity contribution in [1.29, 1.82) is 0 Å². The van der Waals surface area contributed by atoms with E-state index < -0.39 is 197 Å². The summed E-state index contributed by atoms with van der Waals surface area (Å²) in [6, 6.07) is 0. The van der Waals surface area contributed by atoms with E-state index in [0.29, 0.717) is 25.7 Å². The van der Waals surface area contributed by atoms with Crippen molar-refractivity contribution in [3.8, 4) is 0 Å². The molecule has 3 unspecified atom stereocenters. The van der Waals surface area contributed by atoms with Crippen molar-refractivity contribution in [2.75, 3.05) is 33.5 Å². The van der Waals surface area contributed by atoms with Crippen molar-refractivity contribution >= 4 is 5.78 Å². The summed E-state index contributed by atoms with van der Waals surface area (Å²) >= 11 is 0. The van der Waals surface area contributed by atoms with E-state index >= 15 is 0 Å². The molecule has 4 aliphatic carbocycles. The lowest BCUT2D eigenvalue weighted by Gasteiger charge is -2.58. The molecular weight excluding hydrogens is 1060 g/mol. The van der Waals surface area contributed by atoms with Gasteiger partial charge in [0.05, 0.1) is 44.7 Å². The molecule has 33 atom stereocenters. The van der Waals surface area contributed by atoms with Gasteiger partial charge in [-0.1, -0.05) is 25.5 Å². The van der Waals surface area contributed by atoms with Crippen molar-refractivity contribution in [2.24, 2.45) is 34.5 Å². The Morgan fingerprint density at radius 1 is 0.570 bits per heavy atom. The number of ketones is 1. The number of ether oxygens (including phenoxy) is 11. The van der Waals surface area contributed by atoms with E-state index in [1.165, 1.54) is 19.6 Å². The van der Waals surface area contributed by atoms with Gasteiger partial charge in [-0.05, 0) is 87.4 Å². The van der Waals surface area contributed by atoms with Gasteiger partial charge in [-0.2, -0.15) is 0 Å². The number of hydrogen-bond donors (Lipinski definition) is 15. The lowest BCUT2D eigenvalue weighted by molar-refractivity contribution is -0.378. The minimum absolute atomic E-state index is 0.0164. The van der Waals surface area contributed by atoms with Gasteiger partial charge in [-0.15, -0.1) is 0 Å². The zero-order valence-corrected chi connectivity index (χ0v) is 44.9. The fraction of sp³-hybridized carbons (Fsp3) is 0.942. The Kier molecular flexibility index (Phi) is 19.4. The van der Waals surface area contributed by atoms with Crippen LogP contribution in [-0.2, 0) is 56.9 Å². The highest BCUT2D eigenvalue weighted by atomic mass is 16.8. The summed E-state index contributed by atoms with van der Waals surface area (Å²) in [5, 5.41) is 161. The summed E-state index contributed by atoms with van der Waals surface area (Å²) in [6.07, 6.45) is -34.3. The molecule has 8 fully saturated rings. The Morgan fingerprint density at radius 3 is 1.68 bits per heavy atom. The van der Waals surface area contributed by atoms with Crippen LogP contribution in [0.1, 0.15) is 72.6 Å². The largest absolute Gasteiger partial charge is 0.394 e. The van der Waals surface area contributed by atoms with Gasteiger partial charge in [0.2, 0.25) is 0 Å². The number of methoxy groups -OCH3 is 1. The third-order valence-electron chi connectivity index (χ3n) is 19.3. The fourth-order valence-electron chi connectivity index (χ4n) is 14.8. The number of aliphatic hydroxyl groups is 15. The van der Waals surface area contributed by atoms with Gasteiger partial charge < -0.3 is 129 Å². The maximum Gasteiger partial charge on any atom is 0.187 e. The second kappa shape index (κ2) is 24.8. The van der Waals surface area contributed by atoms with E-state index in [0.717, 1.165) is 19.3 Å². The molecule has 15 N–H and O–H groups in total. The first-order valence-electron chi connectivity index (χ1n) is 27.6. The number of allylic oxidation sites excluding steroid dienone is 1. The molecule has 0 spiro atoms. The van der Waals surface area contributed by atoms with Crippen molar-refractivity contribution < 1.29 is 133 Å². The minimum Gasteiger partial charge on any atom is -0.394 e. The van der Waals surface area contributed by atoms with Crippen LogP contribution in [0.3, 0.4) is 0 Å². The second-order valence-corrected chi connectivity index (χ2v) is 23.9. The number of carbonyl (C=O) groups is 1. The summed E-state index contributed by atoms with van der Waals surface area (Å²) in [5.41, 5.74) is 0.537. The molecule has 27 heteroatoms. The lowest BCUT2D eigenvalue weighted by atomic mass is 9.47. The summed E-state index contributed by atoms with van der Waals surface area (Å²) in [5.74, 6) is -0.414. The molecule has 0 bridgehead atoms. The van der Waals surface area contributed by atoms with Crippen LogP contribution in [0.25, 0.3) is 0 Å². The predicted octanol–water partition coefficient (Wildman–Crippen LogP) is -5.71. The van der Waals surface area contributed by atoms with Crippen LogP contribution in [0.5, 0.6) is 0 Å². The number of rotatable bonds is 16. The fourth-order valence-corrected chi connectivity index (χ4v) is 14.8. The van der Waals surface area contributed by atoms with Crippen LogP contribution in [0.4, 0.5) is 0 Å². The van der Waals surface area contributed by atoms with Crippen LogP contribution in [-0.4, -0.2) is 282 Å². The smallest absolute Gasteiger partial charge is 0.187 e. The van der Waals surface area contributed by atoms with Gasteiger partial charge in [0.1, 0.15) is 122 Å². The van der Waals surface area contributed by atoms with Gasteiger partial charge in [0.25, 0.3) is 0 Å². The van der Waals surface area contributed by atoms with Crippen molar-refractivity contribution in [3.63, 3.8) is 0 Å². The molecule has 0 aromatic carbocycles. The van der Waals surface area contributed by atoms with Gasteiger partial charge in [0, 0.05) is 13.0 Å². The minimum atomic E-state index is -2.04. The Bertz CT molecular complexity index is 2070. The van der Waals surface area contributed by atoms with E-state index in [1.807, 2.05) is 0 Å². The van der Waals surface area contributed by atoms with E-state index in [1.54, 1.807) is 6.92 Å². The summed E-state index contributed by atoms with van der Waals surface area (Å²) < 4.78 is 64.8. The van der Waals surface area contributed by atoms with Crippen molar-refractivity contribution in [3.05, 3.63) is 11.6 Å². The van der Waals surface area contributed by atoms with Crippen LogP contribution >= 0.6 is 0 Å². The van der Waals surface area contributed by atoms with Crippen LogP contribution < -0.4 is 0 Å². The van der Waals surface area contributed by atoms with Crippen molar-refractivity contribution in [2.45, 2.75) is 238 Å². The zero-order valence-electron chi connectivity index (χ0n) is 44.9. The third kappa shape index (κ3) is 11.5. The highest BCUT2D eigenvalue weighted by Gasteiger charge is 2.64. The maximum absolute atomic E-state index is 13.8. The van der Waals surface area contributed by atoms with E-state index in [4.69, 9.17) is 52.1 Å². The van der Waals surface area contributed by atoms with Gasteiger partial charge >= 0.3 is 0 Å². The first-order chi connectivity index (χ1) is 37.4. The second-order valence-electron chi connectivity index (χ2n) is 23.9. The summed E-state index contributed by atoms with van der Waals surface area (Å²) in [4.78, 5) is 13.8. The third-order valence-corrected chi connectivity index (χ3v) is 19.3. The maximum atomic E-state index is 13.8.